The maximum absolute atomic E-state index is 7.03. The first kappa shape index (κ1) is 54.0. The summed E-state index contributed by atoms with van der Waals surface area (Å²) in [6.07, 6.45) is 0. The van der Waals surface area contributed by atoms with Gasteiger partial charge in [0.2, 0.25) is 0 Å². The molecule has 15 aromatic carbocycles. The second kappa shape index (κ2) is 19.4. The fraction of sp³-hybridized carbons (Fsp3) is 0.0526. The number of fused-ring (bicyclic) bond motifs is 31. The standard InChI is InChI=1S/C95H59NO2/c1-93(2)80-51-62(46-48-69(80)88-84(93)53-72(92-91(88)71-30-14-20-36-86(71)98-92)60-39-37-58(38-40-60)56-21-5-3-6-22-56)96(61-43-41-59(42-44-61)57-23-7-4-8-24-57)63-45-47-68-73-54-83-74(55-82(73)95(81(68)52-63)77-33-17-11-27-66(77)67-28-12-18-34-78(67)95)89-79(49-50-87-90(89)70-29-13-19-35-85(70)97-87)94(83)75-31-15-9-25-64(75)65-26-10-16-32-76(65)94/h3-55H,1-2H3. The van der Waals surface area contributed by atoms with Crippen molar-refractivity contribution in [3.63, 3.8) is 0 Å². The first-order chi connectivity index (χ1) is 48.3. The van der Waals surface area contributed by atoms with Crippen LogP contribution in [0.2, 0.25) is 0 Å². The number of hydrogen-bond donors (Lipinski definition) is 0. The molecule has 0 saturated carbocycles. The molecule has 0 atom stereocenters. The van der Waals surface area contributed by atoms with Crippen LogP contribution in [0, 0.1) is 0 Å². The van der Waals surface area contributed by atoms with Crippen LogP contribution in [0.15, 0.2) is 330 Å². The van der Waals surface area contributed by atoms with Gasteiger partial charge in [-0.1, -0.05) is 263 Å². The number of nitrogens with zero attached hydrogens (tertiary/aromatic N) is 1. The van der Waals surface area contributed by atoms with E-state index < -0.39 is 16.2 Å². The van der Waals surface area contributed by atoms with Crippen LogP contribution in [0.4, 0.5) is 17.1 Å². The summed E-state index contributed by atoms with van der Waals surface area (Å²) in [5, 5.41) is 4.60. The predicted octanol–water partition coefficient (Wildman–Crippen LogP) is 24.9. The van der Waals surface area contributed by atoms with E-state index in [-0.39, 0.29) is 0 Å². The third-order valence-electron chi connectivity index (χ3n) is 23.1. The van der Waals surface area contributed by atoms with Gasteiger partial charge >= 0.3 is 0 Å². The topological polar surface area (TPSA) is 29.5 Å². The minimum absolute atomic E-state index is 0.402. The van der Waals surface area contributed by atoms with Crippen LogP contribution >= 0.6 is 0 Å². The van der Waals surface area contributed by atoms with Crippen LogP contribution < -0.4 is 4.90 Å². The van der Waals surface area contributed by atoms with E-state index in [1.807, 2.05) is 0 Å². The summed E-state index contributed by atoms with van der Waals surface area (Å²) in [6, 6.07) is 121. The molecule has 5 aliphatic rings. The van der Waals surface area contributed by atoms with E-state index in [1.165, 1.54) is 139 Å². The second-order valence-electron chi connectivity index (χ2n) is 28.0. The number of furan rings is 2. The molecular formula is C95H59NO2. The van der Waals surface area contributed by atoms with Crippen molar-refractivity contribution in [1.29, 1.82) is 0 Å². The molecule has 456 valence electrons. The normalized spacial score (nSPS) is 14.5. The highest BCUT2D eigenvalue weighted by atomic mass is 16.3. The van der Waals surface area contributed by atoms with Crippen LogP contribution in [0.1, 0.15) is 69.5 Å². The van der Waals surface area contributed by atoms with E-state index in [0.29, 0.717) is 0 Å². The van der Waals surface area contributed by atoms with E-state index in [1.54, 1.807) is 0 Å². The minimum atomic E-state index is -0.695. The lowest BCUT2D eigenvalue weighted by atomic mass is 9.68. The molecule has 0 bridgehead atoms. The molecular weight excluding hydrogens is 1190 g/mol. The van der Waals surface area contributed by atoms with E-state index in [4.69, 9.17) is 8.83 Å². The molecule has 3 heteroatoms. The smallest absolute Gasteiger partial charge is 0.143 e. The maximum Gasteiger partial charge on any atom is 0.143 e. The van der Waals surface area contributed by atoms with E-state index in [9.17, 15) is 0 Å². The van der Waals surface area contributed by atoms with Crippen molar-refractivity contribution in [2.45, 2.75) is 30.1 Å². The van der Waals surface area contributed by atoms with Crippen LogP contribution in [0.5, 0.6) is 0 Å². The monoisotopic (exact) mass is 1250 g/mol. The molecule has 2 heterocycles. The zero-order valence-electron chi connectivity index (χ0n) is 53.9. The molecule has 2 spiro atoms. The molecule has 0 fully saturated rings. The Hall–Kier alpha value is -12.3. The molecule has 0 aliphatic heterocycles. The fourth-order valence-electron chi connectivity index (χ4n) is 19.0. The summed E-state index contributed by atoms with van der Waals surface area (Å²) in [5.74, 6) is 0. The summed E-state index contributed by atoms with van der Waals surface area (Å²) < 4.78 is 13.9. The second-order valence-corrected chi connectivity index (χ2v) is 28.0. The number of anilines is 3. The van der Waals surface area contributed by atoms with Crippen molar-refractivity contribution < 1.29 is 8.83 Å². The lowest BCUT2D eigenvalue weighted by Crippen LogP contribution is -2.27. The summed E-state index contributed by atoms with van der Waals surface area (Å²) in [6.45, 7) is 4.84. The van der Waals surface area contributed by atoms with Gasteiger partial charge in [0.15, 0.2) is 0 Å². The molecule has 0 radical (unpaired) electrons. The maximum atomic E-state index is 7.03. The summed E-state index contributed by atoms with van der Waals surface area (Å²) in [7, 11) is 0. The molecule has 0 N–H and O–H groups in total. The van der Waals surface area contributed by atoms with Gasteiger partial charge in [0.25, 0.3) is 0 Å². The Morgan fingerprint density at radius 3 is 1.24 bits per heavy atom. The number of hydrogen-bond acceptors (Lipinski definition) is 3. The Balaban J connectivity index is 0.784. The Labute approximate surface area is 567 Å². The van der Waals surface area contributed by atoms with E-state index in [2.05, 4.69) is 340 Å². The molecule has 17 aromatic rings. The highest BCUT2D eigenvalue weighted by Crippen LogP contribution is 2.70. The fourth-order valence-corrected chi connectivity index (χ4v) is 19.0. The Morgan fingerprint density at radius 1 is 0.235 bits per heavy atom. The molecule has 0 saturated heterocycles. The molecule has 22 rings (SSSR count). The highest BCUT2D eigenvalue weighted by molar-refractivity contribution is 6.20. The average molecular weight is 1250 g/mol. The van der Waals surface area contributed by atoms with Gasteiger partial charge in [0.05, 0.1) is 10.8 Å². The first-order valence-electron chi connectivity index (χ1n) is 34.3. The summed E-state index contributed by atoms with van der Waals surface area (Å²) in [4.78, 5) is 2.53. The SMILES string of the molecule is CC1(C)c2cc(N(c3ccc(-c4ccccc4)cc3)c3ccc4c(c3)C3(c5ccccc5-c5ccccc53)c3cc5c(cc3-4)C3(c4ccccc4-c4ccccc43)c3ccc4oc6ccccc6c4c3-5)ccc2-c2c1cc(-c1ccc(-c3ccccc3)cc1)c1oc3ccccc3c21. The summed E-state index contributed by atoms with van der Waals surface area (Å²) in [5.41, 5.74) is 37.8. The predicted molar refractivity (Wildman–Crippen MR) is 402 cm³/mol. The van der Waals surface area contributed by atoms with Crippen molar-refractivity contribution in [3.05, 3.63) is 377 Å². The molecule has 98 heavy (non-hydrogen) atoms. The third-order valence-corrected chi connectivity index (χ3v) is 23.1. The highest BCUT2D eigenvalue weighted by Gasteiger charge is 2.57. The van der Waals surface area contributed by atoms with E-state index >= 15 is 0 Å². The molecule has 0 amide bonds. The number of rotatable bonds is 6. The van der Waals surface area contributed by atoms with Crippen molar-refractivity contribution in [1.82, 2.24) is 0 Å². The lowest BCUT2D eigenvalue weighted by Gasteiger charge is -2.33. The minimum Gasteiger partial charge on any atom is -0.456 e. The quantitative estimate of drug-likeness (QED) is 0.166. The van der Waals surface area contributed by atoms with Gasteiger partial charge in [-0.05, 0) is 212 Å². The van der Waals surface area contributed by atoms with Crippen LogP contribution in [0.3, 0.4) is 0 Å². The summed E-state index contributed by atoms with van der Waals surface area (Å²) >= 11 is 0. The molecule has 0 unspecified atom stereocenters. The lowest BCUT2D eigenvalue weighted by molar-refractivity contribution is 0.657. The first-order valence-corrected chi connectivity index (χ1v) is 34.3. The van der Waals surface area contributed by atoms with Crippen molar-refractivity contribution in [2.24, 2.45) is 0 Å². The molecule has 5 aliphatic carbocycles. The number of para-hydroxylation sites is 2. The van der Waals surface area contributed by atoms with Crippen molar-refractivity contribution in [3.8, 4) is 89.0 Å². The Kier molecular flexibility index (Phi) is 10.7. The van der Waals surface area contributed by atoms with Gasteiger partial charge in [0.1, 0.15) is 22.3 Å². The van der Waals surface area contributed by atoms with Crippen LogP contribution in [-0.4, -0.2) is 0 Å². The van der Waals surface area contributed by atoms with Gasteiger partial charge < -0.3 is 13.7 Å². The van der Waals surface area contributed by atoms with Crippen LogP contribution in [0.25, 0.3) is 133 Å². The van der Waals surface area contributed by atoms with Crippen molar-refractivity contribution >= 4 is 60.9 Å². The average Bonchev–Trinajstić information content (AvgIpc) is 1.48. The Bertz CT molecular complexity index is 6230. The van der Waals surface area contributed by atoms with Crippen molar-refractivity contribution in [2.75, 3.05) is 4.90 Å². The van der Waals surface area contributed by atoms with Gasteiger partial charge in [0, 0.05) is 49.6 Å². The van der Waals surface area contributed by atoms with Crippen LogP contribution in [-0.2, 0) is 16.2 Å². The van der Waals surface area contributed by atoms with E-state index in [0.717, 1.165) is 66.7 Å². The third kappa shape index (κ3) is 6.87. The van der Waals surface area contributed by atoms with Gasteiger partial charge in [-0.2, -0.15) is 0 Å². The van der Waals surface area contributed by atoms with Gasteiger partial charge in [-0.3, -0.25) is 0 Å². The zero-order valence-corrected chi connectivity index (χ0v) is 53.9. The van der Waals surface area contributed by atoms with Gasteiger partial charge in [-0.15, -0.1) is 0 Å². The molecule has 3 nitrogen and oxygen atoms in total. The van der Waals surface area contributed by atoms with Gasteiger partial charge in [-0.25, -0.2) is 0 Å². The Morgan fingerprint density at radius 2 is 0.643 bits per heavy atom. The molecule has 2 aromatic heterocycles. The number of benzene rings is 15. The zero-order chi connectivity index (χ0) is 64.3. The largest absolute Gasteiger partial charge is 0.456 e.